The second-order valence-corrected chi connectivity index (χ2v) is 4.12. The van der Waals surface area contributed by atoms with Gasteiger partial charge < -0.3 is 15.4 Å². The van der Waals surface area contributed by atoms with Gasteiger partial charge in [0, 0.05) is 31.0 Å². The third-order valence-corrected chi connectivity index (χ3v) is 2.48. The quantitative estimate of drug-likeness (QED) is 0.796. The molecule has 0 aliphatic heterocycles. The lowest BCUT2D eigenvalue weighted by molar-refractivity contribution is 0.194. The Morgan fingerprint density at radius 2 is 2.24 bits per heavy atom. The summed E-state index contributed by atoms with van der Waals surface area (Å²) in [6.07, 6.45) is 0.795. The van der Waals surface area contributed by atoms with Crippen LogP contribution >= 0.6 is 11.6 Å². The van der Waals surface area contributed by atoms with E-state index < -0.39 is 0 Å². The summed E-state index contributed by atoms with van der Waals surface area (Å²) in [6.45, 7) is 3.12. The molecular weight excluding hydrogens is 240 g/mol. The van der Waals surface area contributed by atoms with Crippen molar-refractivity contribution in [3.8, 4) is 0 Å². The molecule has 1 rings (SSSR count). The Bertz CT molecular complexity index is 383. The lowest BCUT2D eigenvalue weighted by atomic mass is 10.2. The first kappa shape index (κ1) is 13.8. The second-order valence-electron chi connectivity index (χ2n) is 3.69. The Morgan fingerprint density at radius 1 is 1.47 bits per heavy atom. The van der Waals surface area contributed by atoms with Gasteiger partial charge in [-0.25, -0.2) is 4.79 Å². The van der Waals surface area contributed by atoms with Gasteiger partial charge in [0.15, 0.2) is 0 Å². The molecule has 0 bridgehead atoms. The van der Waals surface area contributed by atoms with E-state index in [0.29, 0.717) is 18.2 Å². The molecule has 0 heterocycles. The summed E-state index contributed by atoms with van der Waals surface area (Å²) in [5.41, 5.74) is 1.70. The van der Waals surface area contributed by atoms with E-state index in [2.05, 4.69) is 10.6 Å². The van der Waals surface area contributed by atoms with E-state index in [1.54, 1.807) is 19.2 Å². The molecule has 1 aromatic carbocycles. The maximum Gasteiger partial charge on any atom is 0.319 e. The zero-order valence-electron chi connectivity index (χ0n) is 10.0. The van der Waals surface area contributed by atoms with Crippen LogP contribution in [0.3, 0.4) is 0 Å². The molecule has 94 valence electrons. The van der Waals surface area contributed by atoms with Crippen LogP contribution in [-0.2, 0) is 4.74 Å². The summed E-state index contributed by atoms with van der Waals surface area (Å²) < 4.78 is 4.89. The Kier molecular flexibility index (Phi) is 5.80. The predicted octanol–water partition coefficient (Wildman–Crippen LogP) is 2.81. The van der Waals surface area contributed by atoms with Crippen LogP contribution in [0.1, 0.15) is 12.0 Å². The molecule has 0 radical (unpaired) electrons. The average molecular weight is 257 g/mol. The SMILES string of the molecule is COCCCNC(=O)Nc1ccc(Cl)cc1C. The molecule has 4 nitrogen and oxygen atoms in total. The summed E-state index contributed by atoms with van der Waals surface area (Å²) in [4.78, 5) is 11.5. The molecule has 0 saturated carbocycles. The van der Waals surface area contributed by atoms with Gasteiger partial charge in [0.25, 0.3) is 0 Å². The van der Waals surface area contributed by atoms with E-state index in [0.717, 1.165) is 17.7 Å². The third kappa shape index (κ3) is 5.06. The molecule has 0 aliphatic rings. The molecule has 0 aromatic heterocycles. The minimum absolute atomic E-state index is 0.216. The molecule has 0 unspecified atom stereocenters. The summed E-state index contributed by atoms with van der Waals surface area (Å²) >= 11 is 5.83. The van der Waals surface area contributed by atoms with Crippen LogP contribution in [-0.4, -0.2) is 26.3 Å². The van der Waals surface area contributed by atoms with Crippen LogP contribution in [0.4, 0.5) is 10.5 Å². The molecule has 0 fully saturated rings. The van der Waals surface area contributed by atoms with E-state index in [9.17, 15) is 4.79 Å². The van der Waals surface area contributed by atoms with Crippen molar-refractivity contribution in [1.82, 2.24) is 5.32 Å². The second kappa shape index (κ2) is 7.14. The molecule has 17 heavy (non-hydrogen) atoms. The Morgan fingerprint density at radius 3 is 2.88 bits per heavy atom. The standard InChI is InChI=1S/C12H17ClN2O2/c1-9-8-10(13)4-5-11(9)15-12(16)14-6-3-7-17-2/h4-5,8H,3,6-7H2,1-2H3,(H2,14,15,16). The van der Waals surface area contributed by atoms with Crippen LogP contribution in [0.2, 0.25) is 5.02 Å². The van der Waals surface area contributed by atoms with Crippen LogP contribution in [0, 0.1) is 6.92 Å². The molecule has 2 amide bonds. The highest BCUT2D eigenvalue weighted by Crippen LogP contribution is 2.19. The van der Waals surface area contributed by atoms with Crippen LogP contribution in [0.25, 0.3) is 0 Å². The number of aryl methyl sites for hydroxylation is 1. The van der Waals surface area contributed by atoms with E-state index in [1.165, 1.54) is 0 Å². The molecule has 1 aromatic rings. The van der Waals surface area contributed by atoms with Gasteiger partial charge in [-0.1, -0.05) is 11.6 Å². The number of ether oxygens (including phenoxy) is 1. The maximum atomic E-state index is 11.5. The van der Waals surface area contributed by atoms with Gasteiger partial charge in [-0.3, -0.25) is 0 Å². The van der Waals surface area contributed by atoms with Crippen molar-refractivity contribution in [3.63, 3.8) is 0 Å². The van der Waals surface area contributed by atoms with Gasteiger partial charge in [0.2, 0.25) is 0 Å². The zero-order valence-corrected chi connectivity index (χ0v) is 10.8. The largest absolute Gasteiger partial charge is 0.385 e. The van der Waals surface area contributed by atoms with E-state index >= 15 is 0 Å². The van der Waals surface area contributed by atoms with Gasteiger partial charge >= 0.3 is 6.03 Å². The van der Waals surface area contributed by atoms with E-state index in [1.807, 2.05) is 13.0 Å². The topological polar surface area (TPSA) is 50.4 Å². The number of hydrogen-bond donors (Lipinski definition) is 2. The average Bonchev–Trinajstić information content (AvgIpc) is 2.28. The number of urea groups is 1. The van der Waals surface area contributed by atoms with Crippen LogP contribution in [0.15, 0.2) is 18.2 Å². The summed E-state index contributed by atoms with van der Waals surface area (Å²) in [6, 6.07) is 5.12. The number of anilines is 1. The summed E-state index contributed by atoms with van der Waals surface area (Å²) in [5.74, 6) is 0. The number of nitrogens with one attached hydrogen (secondary N) is 2. The van der Waals surface area contributed by atoms with Crippen LogP contribution in [0.5, 0.6) is 0 Å². The summed E-state index contributed by atoms with van der Waals surface area (Å²) in [5, 5.41) is 6.17. The van der Waals surface area contributed by atoms with Crippen molar-refractivity contribution in [2.24, 2.45) is 0 Å². The highest BCUT2D eigenvalue weighted by Gasteiger charge is 2.03. The number of rotatable bonds is 5. The molecule has 0 aliphatic carbocycles. The predicted molar refractivity (Wildman–Crippen MR) is 69.7 cm³/mol. The Labute approximate surface area is 106 Å². The minimum atomic E-state index is -0.216. The molecule has 5 heteroatoms. The van der Waals surface area contributed by atoms with Gasteiger partial charge in [-0.2, -0.15) is 0 Å². The Balaban J connectivity index is 2.40. The fourth-order valence-corrected chi connectivity index (χ4v) is 1.58. The smallest absolute Gasteiger partial charge is 0.319 e. The highest BCUT2D eigenvalue weighted by molar-refractivity contribution is 6.30. The molecule has 0 saturated heterocycles. The molecule has 0 spiro atoms. The molecule has 0 atom stereocenters. The monoisotopic (exact) mass is 256 g/mol. The van der Waals surface area contributed by atoms with E-state index in [-0.39, 0.29) is 6.03 Å². The number of carbonyl (C=O) groups is 1. The number of methoxy groups -OCH3 is 1. The fourth-order valence-electron chi connectivity index (χ4n) is 1.35. The normalized spacial score (nSPS) is 10.1. The zero-order chi connectivity index (χ0) is 12.7. The van der Waals surface area contributed by atoms with Gasteiger partial charge in [0.1, 0.15) is 0 Å². The number of halogens is 1. The van der Waals surface area contributed by atoms with Crippen molar-refractivity contribution >= 4 is 23.3 Å². The van der Waals surface area contributed by atoms with Gasteiger partial charge in [-0.15, -0.1) is 0 Å². The van der Waals surface area contributed by atoms with Gasteiger partial charge in [0.05, 0.1) is 0 Å². The molecule has 2 N–H and O–H groups in total. The van der Waals surface area contributed by atoms with Crippen molar-refractivity contribution in [1.29, 1.82) is 0 Å². The lowest BCUT2D eigenvalue weighted by Gasteiger charge is -2.09. The van der Waals surface area contributed by atoms with Crippen molar-refractivity contribution in [2.45, 2.75) is 13.3 Å². The molecular formula is C12H17ClN2O2. The van der Waals surface area contributed by atoms with Crippen molar-refractivity contribution in [2.75, 3.05) is 25.6 Å². The minimum Gasteiger partial charge on any atom is -0.385 e. The highest BCUT2D eigenvalue weighted by atomic mass is 35.5. The lowest BCUT2D eigenvalue weighted by Crippen LogP contribution is -2.30. The number of amides is 2. The van der Waals surface area contributed by atoms with Crippen molar-refractivity contribution in [3.05, 3.63) is 28.8 Å². The first-order valence-electron chi connectivity index (χ1n) is 5.43. The Hall–Kier alpha value is -1.26. The van der Waals surface area contributed by atoms with E-state index in [4.69, 9.17) is 16.3 Å². The number of hydrogen-bond acceptors (Lipinski definition) is 2. The summed E-state index contributed by atoms with van der Waals surface area (Å²) in [7, 11) is 1.64. The fraction of sp³-hybridized carbons (Fsp3) is 0.417. The first-order valence-corrected chi connectivity index (χ1v) is 5.81. The van der Waals surface area contributed by atoms with Gasteiger partial charge in [-0.05, 0) is 37.1 Å². The van der Waals surface area contributed by atoms with Crippen molar-refractivity contribution < 1.29 is 9.53 Å². The maximum absolute atomic E-state index is 11.5. The first-order chi connectivity index (χ1) is 8.13. The number of benzene rings is 1. The number of carbonyl (C=O) groups excluding carboxylic acids is 1. The van der Waals surface area contributed by atoms with Crippen LogP contribution < -0.4 is 10.6 Å². The third-order valence-electron chi connectivity index (χ3n) is 2.25.